The summed E-state index contributed by atoms with van der Waals surface area (Å²) >= 11 is 1.47. The number of carbonyl (C=O) groups is 1. The van der Waals surface area contributed by atoms with E-state index in [-0.39, 0.29) is 5.91 Å². The van der Waals surface area contributed by atoms with Crippen molar-refractivity contribution >= 4 is 17.2 Å². The highest BCUT2D eigenvalue weighted by Gasteiger charge is 2.25. The molecule has 1 aliphatic carbocycles. The molecule has 22 heavy (non-hydrogen) atoms. The first kappa shape index (κ1) is 14.8. The van der Waals surface area contributed by atoms with Gasteiger partial charge in [0.15, 0.2) is 6.04 Å². The number of amides is 1. The van der Waals surface area contributed by atoms with Gasteiger partial charge in [-0.2, -0.15) is 10.4 Å². The van der Waals surface area contributed by atoms with Gasteiger partial charge < -0.3 is 5.32 Å². The molecule has 0 spiro atoms. The molecular weight excluding hydrogens is 296 g/mol. The Bertz CT molecular complexity index is 692. The Hall–Kier alpha value is -2.13. The number of hydrogen-bond donors (Lipinski definition) is 1. The van der Waals surface area contributed by atoms with Gasteiger partial charge in [-0.1, -0.05) is 18.9 Å². The minimum absolute atomic E-state index is 0.229. The van der Waals surface area contributed by atoms with Gasteiger partial charge in [-0.05, 0) is 37.3 Å². The standard InChI is InChI=1S/C16H18N4OS/c1-11-9-14(20(19-11)12-5-2-3-6-12)16(21)18-13(10-17)15-7-4-8-22-15/h4,7-9,12-13H,2-3,5-6H2,1H3,(H,18,21). The SMILES string of the molecule is Cc1cc(C(=O)NC(C#N)c2cccs2)n(C2CCCC2)n1. The van der Waals surface area contributed by atoms with Crippen molar-refractivity contribution in [3.8, 4) is 6.07 Å². The molecule has 0 bridgehead atoms. The summed E-state index contributed by atoms with van der Waals surface area (Å²) in [5.41, 5.74) is 1.39. The van der Waals surface area contributed by atoms with Crippen LogP contribution in [-0.4, -0.2) is 15.7 Å². The molecule has 114 valence electrons. The molecule has 2 heterocycles. The van der Waals surface area contributed by atoms with Gasteiger partial charge >= 0.3 is 0 Å². The number of aryl methyl sites for hydroxylation is 1. The zero-order chi connectivity index (χ0) is 15.5. The van der Waals surface area contributed by atoms with Crippen LogP contribution in [0.4, 0.5) is 0 Å². The van der Waals surface area contributed by atoms with Gasteiger partial charge in [0.1, 0.15) is 5.69 Å². The molecule has 0 saturated heterocycles. The van der Waals surface area contributed by atoms with Crippen LogP contribution in [0.3, 0.4) is 0 Å². The monoisotopic (exact) mass is 314 g/mol. The number of nitrogens with one attached hydrogen (secondary N) is 1. The van der Waals surface area contributed by atoms with Crippen LogP contribution >= 0.6 is 11.3 Å². The number of carbonyl (C=O) groups excluding carboxylic acids is 1. The molecule has 3 rings (SSSR count). The molecule has 1 unspecified atom stereocenters. The molecule has 2 aromatic heterocycles. The van der Waals surface area contributed by atoms with Crippen molar-refractivity contribution in [1.29, 1.82) is 5.26 Å². The van der Waals surface area contributed by atoms with Gasteiger partial charge in [0.2, 0.25) is 0 Å². The molecule has 1 saturated carbocycles. The van der Waals surface area contributed by atoms with Crippen LogP contribution in [0.1, 0.15) is 58.8 Å². The number of aromatic nitrogens is 2. The number of thiophene rings is 1. The third-order valence-corrected chi connectivity index (χ3v) is 4.93. The van der Waals surface area contributed by atoms with E-state index in [0.29, 0.717) is 11.7 Å². The van der Waals surface area contributed by atoms with E-state index in [9.17, 15) is 10.1 Å². The fraction of sp³-hybridized carbons (Fsp3) is 0.438. The van der Waals surface area contributed by atoms with Crippen molar-refractivity contribution in [2.75, 3.05) is 0 Å². The molecular formula is C16H18N4OS. The summed E-state index contributed by atoms with van der Waals surface area (Å²) in [5, 5.41) is 18.5. The van der Waals surface area contributed by atoms with Crippen LogP contribution in [-0.2, 0) is 0 Å². The van der Waals surface area contributed by atoms with E-state index >= 15 is 0 Å². The Morgan fingerprint density at radius 1 is 1.55 bits per heavy atom. The topological polar surface area (TPSA) is 70.7 Å². The Morgan fingerprint density at radius 2 is 2.32 bits per heavy atom. The summed E-state index contributed by atoms with van der Waals surface area (Å²) in [4.78, 5) is 13.4. The fourth-order valence-electron chi connectivity index (χ4n) is 2.94. The van der Waals surface area contributed by atoms with E-state index in [1.54, 1.807) is 6.07 Å². The minimum Gasteiger partial charge on any atom is -0.331 e. The fourth-order valence-corrected chi connectivity index (χ4v) is 3.66. The maximum atomic E-state index is 12.6. The van der Waals surface area contributed by atoms with Crippen molar-refractivity contribution in [3.63, 3.8) is 0 Å². The average Bonchev–Trinajstić information content (AvgIpc) is 3.24. The number of hydrogen-bond acceptors (Lipinski definition) is 4. The Balaban J connectivity index is 1.81. The van der Waals surface area contributed by atoms with Crippen molar-refractivity contribution in [1.82, 2.24) is 15.1 Å². The normalized spacial score (nSPS) is 16.4. The highest BCUT2D eigenvalue weighted by atomic mass is 32.1. The van der Waals surface area contributed by atoms with E-state index in [1.165, 1.54) is 24.2 Å². The third-order valence-electron chi connectivity index (χ3n) is 3.99. The summed E-state index contributed by atoms with van der Waals surface area (Å²) < 4.78 is 1.85. The first-order chi connectivity index (χ1) is 10.7. The molecule has 1 atom stereocenters. The Morgan fingerprint density at radius 3 is 2.95 bits per heavy atom. The van der Waals surface area contributed by atoms with E-state index < -0.39 is 6.04 Å². The average molecular weight is 314 g/mol. The Labute approximate surface area is 133 Å². The summed E-state index contributed by atoms with van der Waals surface area (Å²) in [6, 6.07) is 7.38. The van der Waals surface area contributed by atoms with Crippen molar-refractivity contribution in [2.45, 2.75) is 44.7 Å². The molecule has 0 aliphatic heterocycles. The second kappa shape index (κ2) is 6.32. The lowest BCUT2D eigenvalue weighted by Gasteiger charge is -2.15. The van der Waals surface area contributed by atoms with Crippen molar-refractivity contribution in [2.24, 2.45) is 0 Å². The highest BCUT2D eigenvalue weighted by molar-refractivity contribution is 7.10. The van der Waals surface area contributed by atoms with Gasteiger partial charge in [-0.25, -0.2) is 0 Å². The van der Waals surface area contributed by atoms with E-state index in [4.69, 9.17) is 0 Å². The molecule has 5 nitrogen and oxygen atoms in total. The quantitative estimate of drug-likeness (QED) is 0.940. The van der Waals surface area contributed by atoms with Crippen molar-refractivity contribution in [3.05, 3.63) is 39.8 Å². The van der Waals surface area contributed by atoms with Crippen molar-refractivity contribution < 1.29 is 4.79 Å². The lowest BCUT2D eigenvalue weighted by molar-refractivity contribution is 0.0932. The first-order valence-corrected chi connectivity index (χ1v) is 8.37. The zero-order valence-corrected chi connectivity index (χ0v) is 13.3. The van der Waals surface area contributed by atoms with Gasteiger partial charge in [0.25, 0.3) is 5.91 Å². The third kappa shape index (κ3) is 2.90. The Kier molecular flexibility index (Phi) is 4.25. The van der Waals surface area contributed by atoms with Gasteiger partial charge in [0, 0.05) is 4.88 Å². The van der Waals surface area contributed by atoms with Crippen LogP contribution in [0.2, 0.25) is 0 Å². The van der Waals surface area contributed by atoms with Crippen LogP contribution < -0.4 is 5.32 Å². The van der Waals surface area contributed by atoms with Crippen LogP contribution in [0, 0.1) is 18.3 Å². The molecule has 1 fully saturated rings. The zero-order valence-electron chi connectivity index (χ0n) is 12.5. The highest BCUT2D eigenvalue weighted by Crippen LogP contribution is 2.30. The smallest absolute Gasteiger partial charge is 0.270 e. The van der Waals surface area contributed by atoms with Gasteiger partial charge in [0.05, 0.1) is 17.8 Å². The second-order valence-electron chi connectivity index (χ2n) is 5.60. The maximum Gasteiger partial charge on any atom is 0.270 e. The molecule has 0 radical (unpaired) electrons. The first-order valence-electron chi connectivity index (χ1n) is 7.49. The molecule has 0 aromatic carbocycles. The number of nitrogens with zero attached hydrogens (tertiary/aromatic N) is 3. The van der Waals surface area contributed by atoms with Gasteiger partial charge in [-0.3, -0.25) is 9.48 Å². The predicted octanol–water partition coefficient (Wildman–Crippen LogP) is 3.36. The van der Waals surface area contributed by atoms with Crippen LogP contribution in [0.5, 0.6) is 0 Å². The summed E-state index contributed by atoms with van der Waals surface area (Å²) in [6.07, 6.45) is 4.49. The molecule has 1 amide bonds. The van der Waals surface area contributed by atoms with Crippen LogP contribution in [0.15, 0.2) is 23.6 Å². The summed E-state index contributed by atoms with van der Waals surface area (Å²) in [7, 11) is 0. The second-order valence-corrected chi connectivity index (χ2v) is 6.58. The lowest BCUT2D eigenvalue weighted by atomic mass is 10.2. The molecule has 2 aromatic rings. The number of nitriles is 1. The largest absolute Gasteiger partial charge is 0.331 e. The summed E-state index contributed by atoms with van der Waals surface area (Å²) in [6.45, 7) is 1.89. The molecule has 1 N–H and O–H groups in total. The van der Waals surface area contributed by atoms with Crippen LogP contribution in [0.25, 0.3) is 0 Å². The number of rotatable bonds is 4. The van der Waals surface area contributed by atoms with E-state index in [0.717, 1.165) is 23.4 Å². The lowest BCUT2D eigenvalue weighted by Crippen LogP contribution is -2.30. The molecule has 1 aliphatic rings. The predicted molar refractivity (Wildman–Crippen MR) is 84.6 cm³/mol. The minimum atomic E-state index is -0.611. The molecule has 6 heteroatoms. The summed E-state index contributed by atoms with van der Waals surface area (Å²) in [5.74, 6) is -0.229. The van der Waals surface area contributed by atoms with E-state index in [1.807, 2.05) is 29.1 Å². The van der Waals surface area contributed by atoms with E-state index in [2.05, 4.69) is 16.5 Å². The maximum absolute atomic E-state index is 12.6. The van der Waals surface area contributed by atoms with Gasteiger partial charge in [-0.15, -0.1) is 11.3 Å².